The summed E-state index contributed by atoms with van der Waals surface area (Å²) in [5.74, 6) is -7.10. The molecule has 6 heteroatoms. The number of hydrogen-bond donors (Lipinski definition) is 1. The molecule has 27 heavy (non-hydrogen) atoms. The van der Waals surface area contributed by atoms with Crippen molar-refractivity contribution < 1.29 is 27.8 Å². The summed E-state index contributed by atoms with van der Waals surface area (Å²) in [6.07, 6.45) is 0. The van der Waals surface area contributed by atoms with Gasteiger partial charge in [-0.15, -0.1) is 0 Å². The van der Waals surface area contributed by atoms with Gasteiger partial charge in [-0.2, -0.15) is 4.39 Å². The van der Waals surface area contributed by atoms with E-state index in [2.05, 4.69) is 53.3 Å². The normalized spacial score (nSPS) is 9.93. The smallest absolute Gasteiger partial charge is 0.338 e. The second-order valence-electron chi connectivity index (χ2n) is 5.33. The lowest BCUT2D eigenvalue weighted by molar-refractivity contribution is 0.0689. The van der Waals surface area contributed by atoms with Crippen LogP contribution in [0.4, 0.5) is 13.2 Å². The van der Waals surface area contributed by atoms with Gasteiger partial charge in [-0.25, -0.2) is 13.6 Å². The number of hydrogen-bond acceptors (Lipinski definition) is 2. The van der Waals surface area contributed by atoms with Crippen molar-refractivity contribution in [2.45, 2.75) is 6.92 Å². The minimum Gasteiger partial charge on any atom is -0.488 e. The van der Waals surface area contributed by atoms with Gasteiger partial charge in [-0.05, 0) is 24.1 Å². The summed E-state index contributed by atoms with van der Waals surface area (Å²) in [4.78, 5) is 10.5. The molecule has 0 radical (unpaired) electrons. The van der Waals surface area contributed by atoms with Crippen LogP contribution in [-0.2, 0) is 0 Å². The third kappa shape index (κ3) is 5.10. The molecule has 0 saturated carbocycles. The first kappa shape index (κ1) is 20.0. The van der Waals surface area contributed by atoms with Gasteiger partial charge in [0.25, 0.3) is 0 Å². The van der Waals surface area contributed by atoms with Crippen LogP contribution in [0, 0.1) is 17.5 Å². The molecule has 0 unspecified atom stereocenters. The average molecular weight is 374 g/mol. The molecule has 0 aromatic heterocycles. The molecule has 140 valence electrons. The summed E-state index contributed by atoms with van der Waals surface area (Å²) in [6, 6.07) is 21.1. The van der Waals surface area contributed by atoms with Crippen LogP contribution in [0.25, 0.3) is 11.1 Å². The molecule has 0 aliphatic carbocycles. The van der Waals surface area contributed by atoms with E-state index in [0.717, 1.165) is 0 Å². The first-order chi connectivity index (χ1) is 13.0. The fraction of sp³-hybridized carbons (Fsp3) is 0.0952. The fourth-order valence-electron chi connectivity index (χ4n) is 2.27. The van der Waals surface area contributed by atoms with Crippen molar-refractivity contribution in [2.24, 2.45) is 0 Å². The molecule has 0 aliphatic rings. The minimum absolute atomic E-state index is 0.101. The number of ether oxygens (including phenoxy) is 1. The van der Waals surface area contributed by atoms with Crippen LogP contribution < -0.4 is 4.74 Å². The predicted molar refractivity (Wildman–Crippen MR) is 96.3 cm³/mol. The molecule has 0 amide bonds. The molecule has 0 bridgehead atoms. The van der Waals surface area contributed by atoms with Crippen LogP contribution in [-0.4, -0.2) is 17.7 Å². The van der Waals surface area contributed by atoms with Crippen LogP contribution in [0.1, 0.15) is 17.3 Å². The van der Waals surface area contributed by atoms with Crippen molar-refractivity contribution in [3.63, 3.8) is 0 Å². The van der Waals surface area contributed by atoms with Gasteiger partial charge in [0.05, 0.1) is 6.61 Å². The predicted octanol–water partition coefficient (Wildman–Crippen LogP) is 5.55. The van der Waals surface area contributed by atoms with Crippen molar-refractivity contribution in [3.05, 3.63) is 89.7 Å². The number of carboxylic acid groups (broad SMARTS) is 1. The molecule has 0 saturated heterocycles. The number of halogens is 3. The summed E-state index contributed by atoms with van der Waals surface area (Å²) in [7, 11) is 0. The maximum Gasteiger partial charge on any atom is 0.338 e. The maximum absolute atomic E-state index is 13.2. The summed E-state index contributed by atoms with van der Waals surface area (Å²) in [6.45, 7) is 1.33. The van der Waals surface area contributed by atoms with Gasteiger partial charge in [-0.1, -0.05) is 60.7 Å². The summed E-state index contributed by atoms with van der Waals surface area (Å²) in [5.41, 5.74) is 1.59. The van der Waals surface area contributed by atoms with Gasteiger partial charge in [0.1, 0.15) is 5.56 Å². The molecule has 0 atom stereocenters. The van der Waals surface area contributed by atoms with Crippen molar-refractivity contribution in [3.8, 4) is 16.9 Å². The molecule has 3 aromatic carbocycles. The molecule has 3 nitrogen and oxygen atoms in total. The molecule has 0 heterocycles. The van der Waals surface area contributed by atoms with Gasteiger partial charge in [0.15, 0.2) is 17.4 Å². The van der Waals surface area contributed by atoms with E-state index >= 15 is 0 Å². The zero-order valence-electron chi connectivity index (χ0n) is 14.5. The van der Waals surface area contributed by atoms with Crippen molar-refractivity contribution >= 4 is 5.97 Å². The number of carboxylic acids is 1. The van der Waals surface area contributed by atoms with Crippen LogP contribution >= 0.6 is 0 Å². The molecular formula is C21H17F3O3. The number of carbonyl (C=O) groups is 1. The molecule has 3 rings (SSSR count). The zero-order chi connectivity index (χ0) is 19.8. The summed E-state index contributed by atoms with van der Waals surface area (Å²) in [5, 5.41) is 8.49. The van der Waals surface area contributed by atoms with Gasteiger partial charge in [-0.3, -0.25) is 0 Å². The molecule has 0 spiro atoms. The van der Waals surface area contributed by atoms with E-state index in [1.165, 1.54) is 18.1 Å². The average Bonchev–Trinajstić information content (AvgIpc) is 2.69. The highest BCUT2D eigenvalue weighted by Gasteiger charge is 2.23. The highest BCUT2D eigenvalue weighted by Crippen LogP contribution is 2.27. The Hall–Kier alpha value is -3.28. The number of benzene rings is 3. The van der Waals surface area contributed by atoms with E-state index in [0.29, 0.717) is 0 Å². The van der Waals surface area contributed by atoms with E-state index in [1.807, 2.05) is 12.1 Å². The Labute approximate surface area is 154 Å². The van der Waals surface area contributed by atoms with Crippen LogP contribution in [0.15, 0.2) is 66.7 Å². The zero-order valence-corrected chi connectivity index (χ0v) is 14.5. The first-order valence-electron chi connectivity index (χ1n) is 8.09. The lowest BCUT2D eigenvalue weighted by Crippen LogP contribution is -2.08. The third-order valence-corrected chi connectivity index (χ3v) is 3.52. The summed E-state index contributed by atoms with van der Waals surface area (Å²) < 4.78 is 43.5. The highest BCUT2D eigenvalue weighted by atomic mass is 19.2. The van der Waals surface area contributed by atoms with Gasteiger partial charge in [0.2, 0.25) is 5.82 Å². The topological polar surface area (TPSA) is 46.5 Å². The van der Waals surface area contributed by atoms with E-state index < -0.39 is 34.7 Å². The number of rotatable bonds is 4. The Morgan fingerprint density at radius 2 is 1.37 bits per heavy atom. The quantitative estimate of drug-likeness (QED) is 0.609. The standard InChI is InChI=1S/C12H10.C9H7F3O3/c1-3-7-11(8-4-1)12-9-5-2-6-10-12;1-2-15-8-6(11)4(9(13)14)3-5(10)7(8)12/h1-10H;3H,2H2,1H3,(H,13,14). The summed E-state index contributed by atoms with van der Waals surface area (Å²) >= 11 is 0. The van der Waals surface area contributed by atoms with Gasteiger partial charge >= 0.3 is 5.97 Å². The van der Waals surface area contributed by atoms with Crippen LogP contribution in [0.5, 0.6) is 5.75 Å². The fourth-order valence-corrected chi connectivity index (χ4v) is 2.27. The lowest BCUT2D eigenvalue weighted by Gasteiger charge is -2.08. The molecule has 0 aliphatic heterocycles. The van der Waals surface area contributed by atoms with Gasteiger partial charge in [0, 0.05) is 0 Å². The maximum atomic E-state index is 13.2. The SMILES string of the molecule is CCOc1c(F)c(F)cc(C(=O)O)c1F.c1ccc(-c2ccccc2)cc1. The largest absolute Gasteiger partial charge is 0.488 e. The van der Waals surface area contributed by atoms with Gasteiger partial charge < -0.3 is 9.84 Å². The minimum atomic E-state index is -1.69. The Morgan fingerprint density at radius 3 is 1.78 bits per heavy atom. The Bertz CT molecular complexity index is 860. The molecular weight excluding hydrogens is 357 g/mol. The molecule has 3 aromatic rings. The molecule has 1 N–H and O–H groups in total. The Morgan fingerprint density at radius 1 is 0.889 bits per heavy atom. The first-order valence-corrected chi connectivity index (χ1v) is 8.09. The molecule has 0 fully saturated rings. The number of aromatic carboxylic acids is 1. The second-order valence-corrected chi connectivity index (χ2v) is 5.33. The van der Waals surface area contributed by atoms with E-state index in [-0.39, 0.29) is 12.7 Å². The van der Waals surface area contributed by atoms with Crippen LogP contribution in [0.3, 0.4) is 0 Å². The van der Waals surface area contributed by atoms with Crippen LogP contribution in [0.2, 0.25) is 0 Å². The highest BCUT2D eigenvalue weighted by molar-refractivity contribution is 5.88. The second kappa shape index (κ2) is 9.43. The van der Waals surface area contributed by atoms with Crippen molar-refractivity contribution in [1.82, 2.24) is 0 Å². The van der Waals surface area contributed by atoms with Crippen molar-refractivity contribution in [2.75, 3.05) is 6.61 Å². The Kier molecular flexibility index (Phi) is 7.00. The van der Waals surface area contributed by atoms with E-state index in [1.54, 1.807) is 0 Å². The van der Waals surface area contributed by atoms with E-state index in [4.69, 9.17) is 5.11 Å². The lowest BCUT2D eigenvalue weighted by atomic mass is 10.1. The monoisotopic (exact) mass is 374 g/mol. The third-order valence-electron chi connectivity index (χ3n) is 3.52. The van der Waals surface area contributed by atoms with E-state index in [9.17, 15) is 18.0 Å². The van der Waals surface area contributed by atoms with Crippen molar-refractivity contribution in [1.29, 1.82) is 0 Å². The Balaban J connectivity index is 0.000000198.